The summed E-state index contributed by atoms with van der Waals surface area (Å²) in [5.41, 5.74) is 1.43. The normalized spacial score (nSPS) is 12.6. The third-order valence-electron chi connectivity index (χ3n) is 4.42. The number of aromatic nitrogens is 2. The van der Waals surface area contributed by atoms with Crippen molar-refractivity contribution >= 4 is 44.8 Å². The quantitative estimate of drug-likeness (QED) is 0.369. The lowest BCUT2D eigenvalue weighted by Gasteiger charge is -2.26. The molecule has 3 aromatic rings. The summed E-state index contributed by atoms with van der Waals surface area (Å²) in [7, 11) is 0. The van der Waals surface area contributed by atoms with Crippen LogP contribution in [0.3, 0.4) is 0 Å². The molecule has 3 N–H and O–H groups in total. The predicted molar refractivity (Wildman–Crippen MR) is 116 cm³/mol. The van der Waals surface area contributed by atoms with Crippen LogP contribution in [0.25, 0.3) is 0 Å². The molecule has 29 heavy (non-hydrogen) atoms. The van der Waals surface area contributed by atoms with Gasteiger partial charge in [0.05, 0.1) is 22.4 Å². The summed E-state index contributed by atoms with van der Waals surface area (Å²) in [5.74, 6) is -0.603. The van der Waals surface area contributed by atoms with Gasteiger partial charge >= 0.3 is 0 Å². The topological polar surface area (TPSA) is 70.3 Å². The number of hydrogen-bond donors (Lipinski definition) is 3. The first-order valence-electron chi connectivity index (χ1n) is 8.80. The largest absolute Gasteiger partial charge is 0.370 e. The van der Waals surface area contributed by atoms with Gasteiger partial charge in [0.1, 0.15) is 5.69 Å². The van der Waals surface area contributed by atoms with E-state index >= 15 is 0 Å². The molecule has 5 nitrogen and oxygen atoms in total. The highest BCUT2D eigenvalue weighted by molar-refractivity contribution is 9.10. The smallest absolute Gasteiger partial charge is 0.198 e. The maximum absolute atomic E-state index is 14.6. The summed E-state index contributed by atoms with van der Waals surface area (Å²) in [6.45, 7) is 3.87. The lowest BCUT2D eigenvalue weighted by Crippen LogP contribution is -2.21. The average molecular weight is 503 g/mol. The summed E-state index contributed by atoms with van der Waals surface area (Å²) in [4.78, 5) is 4.27. The first kappa shape index (κ1) is 22.1. The summed E-state index contributed by atoms with van der Waals surface area (Å²) in [6.07, 6.45) is -1.82. The van der Waals surface area contributed by atoms with Gasteiger partial charge in [0.15, 0.2) is 16.8 Å². The van der Waals surface area contributed by atoms with Gasteiger partial charge in [-0.05, 0) is 59.6 Å². The van der Waals surface area contributed by atoms with Gasteiger partial charge in [-0.25, -0.2) is 9.37 Å². The molecule has 3 rings (SSSR count). The molecule has 2 aromatic carbocycles. The fourth-order valence-corrected chi connectivity index (χ4v) is 4.23. The zero-order chi connectivity index (χ0) is 21.3. The average Bonchev–Trinajstić information content (AvgIpc) is 3.01. The molecule has 0 saturated heterocycles. The molecule has 0 bridgehead atoms. The number of nitrogens with zero attached hydrogens (tertiary/aromatic N) is 2. The summed E-state index contributed by atoms with van der Waals surface area (Å²) in [6, 6.07) is 10.9. The molecule has 0 saturated carbocycles. The van der Waals surface area contributed by atoms with Gasteiger partial charge in [0.2, 0.25) is 0 Å². The standard InChI is InChI=1S/C20H19BrCl2FN3O2/c1-10(2)27-18(17(19(28)29)26-20(27)21)16(11-6-8-12(22)9-7-11)25-14-5-3-4-13(23)15(14)24/h3-10,16,19,25,28-29H,1-2H3. The van der Waals surface area contributed by atoms with Crippen LogP contribution in [0.4, 0.5) is 10.1 Å². The van der Waals surface area contributed by atoms with E-state index in [-0.39, 0.29) is 22.4 Å². The monoisotopic (exact) mass is 501 g/mol. The molecule has 0 fully saturated rings. The van der Waals surface area contributed by atoms with E-state index in [1.165, 1.54) is 6.07 Å². The maximum Gasteiger partial charge on any atom is 0.198 e. The minimum atomic E-state index is -1.82. The van der Waals surface area contributed by atoms with Gasteiger partial charge in [0.25, 0.3) is 0 Å². The Morgan fingerprint density at radius 2 is 1.76 bits per heavy atom. The zero-order valence-electron chi connectivity index (χ0n) is 15.6. The van der Waals surface area contributed by atoms with E-state index in [2.05, 4.69) is 26.2 Å². The van der Waals surface area contributed by atoms with Crippen molar-refractivity contribution in [3.05, 3.63) is 80.0 Å². The molecule has 0 aliphatic heterocycles. The second-order valence-electron chi connectivity index (χ2n) is 6.72. The SMILES string of the molecule is CC(C)n1c(Br)nc(C(O)O)c1C(Nc1cccc(Cl)c1F)c1ccc(Cl)cc1. The van der Waals surface area contributed by atoms with Crippen LogP contribution in [0.5, 0.6) is 0 Å². The molecule has 0 aliphatic rings. The Hall–Kier alpha value is -1.64. The van der Waals surface area contributed by atoms with Gasteiger partial charge in [-0.3, -0.25) is 0 Å². The number of aliphatic hydroxyl groups is 2. The predicted octanol–water partition coefficient (Wildman–Crippen LogP) is 5.86. The van der Waals surface area contributed by atoms with Crippen molar-refractivity contribution in [2.24, 2.45) is 0 Å². The van der Waals surface area contributed by atoms with Crippen LogP contribution in [-0.2, 0) is 0 Å². The van der Waals surface area contributed by atoms with Gasteiger partial charge in [-0.15, -0.1) is 0 Å². The molecule has 1 unspecified atom stereocenters. The number of imidazole rings is 1. The van der Waals surface area contributed by atoms with E-state index in [0.717, 1.165) is 5.56 Å². The molecule has 154 valence electrons. The molecular weight excluding hydrogens is 484 g/mol. The molecule has 1 atom stereocenters. The number of aliphatic hydroxyl groups excluding tert-OH is 1. The summed E-state index contributed by atoms with van der Waals surface area (Å²) in [5, 5.41) is 23.5. The Bertz CT molecular complexity index is 1010. The van der Waals surface area contributed by atoms with Crippen LogP contribution in [0.2, 0.25) is 10.0 Å². The minimum absolute atomic E-state index is 0.0224. The maximum atomic E-state index is 14.6. The number of benzene rings is 2. The van der Waals surface area contributed by atoms with E-state index in [1.54, 1.807) is 36.4 Å². The van der Waals surface area contributed by atoms with Crippen LogP contribution >= 0.6 is 39.1 Å². The molecular formula is C20H19BrCl2FN3O2. The van der Waals surface area contributed by atoms with Crippen molar-refractivity contribution in [1.29, 1.82) is 0 Å². The van der Waals surface area contributed by atoms with E-state index in [9.17, 15) is 14.6 Å². The number of halogens is 4. The lowest BCUT2D eigenvalue weighted by atomic mass is 10.0. The van der Waals surface area contributed by atoms with Gasteiger partial charge < -0.3 is 20.1 Å². The van der Waals surface area contributed by atoms with E-state index in [0.29, 0.717) is 15.5 Å². The van der Waals surface area contributed by atoms with E-state index in [4.69, 9.17) is 23.2 Å². The Morgan fingerprint density at radius 3 is 2.34 bits per heavy atom. The first-order valence-corrected chi connectivity index (χ1v) is 10.3. The Balaban J connectivity index is 2.24. The van der Waals surface area contributed by atoms with Crippen molar-refractivity contribution in [2.45, 2.75) is 32.2 Å². The van der Waals surface area contributed by atoms with E-state index in [1.807, 2.05) is 18.4 Å². The van der Waals surface area contributed by atoms with Crippen molar-refractivity contribution in [2.75, 3.05) is 5.32 Å². The number of anilines is 1. The second-order valence-corrected chi connectivity index (χ2v) is 8.27. The van der Waals surface area contributed by atoms with Gasteiger partial charge in [-0.1, -0.05) is 41.4 Å². The third-order valence-corrected chi connectivity index (χ3v) is 5.53. The highest BCUT2D eigenvalue weighted by atomic mass is 79.9. The molecule has 0 radical (unpaired) electrons. The summed E-state index contributed by atoms with van der Waals surface area (Å²) >= 11 is 15.4. The number of nitrogens with one attached hydrogen (secondary N) is 1. The van der Waals surface area contributed by atoms with E-state index < -0.39 is 18.1 Å². The molecule has 1 heterocycles. The van der Waals surface area contributed by atoms with Gasteiger partial charge in [-0.2, -0.15) is 0 Å². The fourth-order valence-electron chi connectivity index (χ4n) is 3.14. The lowest BCUT2D eigenvalue weighted by molar-refractivity contribution is -0.0464. The second kappa shape index (κ2) is 9.02. The Labute approximate surface area is 186 Å². The zero-order valence-corrected chi connectivity index (χ0v) is 18.7. The fraction of sp³-hybridized carbons (Fsp3) is 0.250. The van der Waals surface area contributed by atoms with Crippen LogP contribution in [-0.4, -0.2) is 19.8 Å². The van der Waals surface area contributed by atoms with Crippen LogP contribution in [0, 0.1) is 5.82 Å². The van der Waals surface area contributed by atoms with Gasteiger partial charge in [0, 0.05) is 11.1 Å². The minimum Gasteiger partial charge on any atom is -0.370 e. The Kier molecular flexibility index (Phi) is 6.86. The highest BCUT2D eigenvalue weighted by Gasteiger charge is 2.30. The molecule has 1 aromatic heterocycles. The van der Waals surface area contributed by atoms with Crippen molar-refractivity contribution < 1.29 is 14.6 Å². The summed E-state index contributed by atoms with van der Waals surface area (Å²) < 4.78 is 16.9. The molecule has 9 heteroatoms. The molecule has 0 amide bonds. The van der Waals surface area contributed by atoms with Crippen LogP contribution < -0.4 is 5.32 Å². The first-order chi connectivity index (χ1) is 13.7. The van der Waals surface area contributed by atoms with Crippen molar-refractivity contribution in [3.8, 4) is 0 Å². The van der Waals surface area contributed by atoms with Crippen molar-refractivity contribution in [1.82, 2.24) is 9.55 Å². The number of hydrogen-bond acceptors (Lipinski definition) is 4. The third kappa shape index (κ3) is 4.59. The van der Waals surface area contributed by atoms with Crippen molar-refractivity contribution in [3.63, 3.8) is 0 Å². The van der Waals surface area contributed by atoms with Crippen LogP contribution in [0.1, 0.15) is 49.2 Å². The number of rotatable bonds is 6. The Morgan fingerprint density at radius 1 is 1.10 bits per heavy atom. The highest BCUT2D eigenvalue weighted by Crippen LogP contribution is 2.37. The molecule has 0 aliphatic carbocycles. The van der Waals surface area contributed by atoms with Crippen LogP contribution in [0.15, 0.2) is 47.2 Å². The molecule has 0 spiro atoms.